The second kappa shape index (κ2) is 6.87. The Kier molecular flexibility index (Phi) is 4.14. The number of carbonyl (C=O) groups is 3. The van der Waals surface area contributed by atoms with E-state index in [1.165, 1.54) is 11.0 Å². The number of fused-ring (bicyclic) bond motifs is 1. The maximum atomic E-state index is 13.2. The molecule has 31 heavy (non-hydrogen) atoms. The van der Waals surface area contributed by atoms with Crippen LogP contribution in [0.15, 0.2) is 61.1 Å². The third-order valence-corrected chi connectivity index (χ3v) is 5.50. The summed E-state index contributed by atoms with van der Waals surface area (Å²) < 4.78 is 1.45. The highest BCUT2D eigenvalue weighted by molar-refractivity contribution is 6.14. The summed E-state index contributed by atoms with van der Waals surface area (Å²) in [7, 11) is 0. The zero-order valence-corrected chi connectivity index (χ0v) is 16.4. The van der Waals surface area contributed by atoms with Crippen molar-refractivity contribution in [3.05, 3.63) is 72.2 Å². The van der Waals surface area contributed by atoms with Gasteiger partial charge in [-0.25, -0.2) is 9.48 Å². The van der Waals surface area contributed by atoms with Gasteiger partial charge < -0.3 is 10.3 Å². The van der Waals surface area contributed by atoms with Crippen LogP contribution in [0, 0.1) is 0 Å². The first-order chi connectivity index (χ1) is 15.0. The largest absolute Gasteiger partial charge is 0.360 e. The van der Waals surface area contributed by atoms with E-state index in [1.54, 1.807) is 37.4 Å². The number of aromatic amines is 1. The van der Waals surface area contributed by atoms with Crippen LogP contribution in [0.2, 0.25) is 0 Å². The van der Waals surface area contributed by atoms with Gasteiger partial charge in [-0.2, -0.15) is 0 Å². The Morgan fingerprint density at radius 1 is 1.13 bits per heavy atom. The van der Waals surface area contributed by atoms with Crippen molar-refractivity contribution in [2.24, 2.45) is 0 Å². The van der Waals surface area contributed by atoms with Crippen LogP contribution in [0.25, 0.3) is 16.6 Å². The number of hydrogen-bond donors (Lipinski definition) is 2. The normalized spacial score (nSPS) is 18.5. The summed E-state index contributed by atoms with van der Waals surface area (Å²) in [6.45, 7) is 1.26. The summed E-state index contributed by atoms with van der Waals surface area (Å²) in [4.78, 5) is 42.8. The smallest absolute Gasteiger partial charge is 0.325 e. The van der Waals surface area contributed by atoms with Crippen molar-refractivity contribution in [3.63, 3.8) is 0 Å². The molecule has 2 aromatic heterocycles. The molecule has 0 bridgehead atoms. The highest BCUT2D eigenvalue weighted by Gasteiger charge is 2.49. The molecular weight excluding hydrogens is 398 g/mol. The molecular formula is C21H17N7O3. The number of H-pyrrole nitrogens is 1. The number of Topliss-reactive ketones (excluding diaryl/α,β-unsaturated/α-hetero) is 1. The number of carbonyl (C=O) groups excluding carboxylic acids is 3. The molecule has 0 aliphatic carbocycles. The van der Waals surface area contributed by atoms with Crippen molar-refractivity contribution in [2.75, 3.05) is 6.54 Å². The average Bonchev–Trinajstić information content (AvgIpc) is 3.50. The van der Waals surface area contributed by atoms with Crippen molar-refractivity contribution in [3.8, 4) is 5.69 Å². The summed E-state index contributed by atoms with van der Waals surface area (Å²) in [6.07, 6.45) is 3.03. The number of rotatable bonds is 5. The average molecular weight is 415 g/mol. The predicted octanol–water partition coefficient (Wildman–Crippen LogP) is 1.79. The quantitative estimate of drug-likeness (QED) is 0.378. The Balaban J connectivity index is 1.43. The van der Waals surface area contributed by atoms with Crippen LogP contribution in [0.3, 0.4) is 0 Å². The van der Waals surface area contributed by atoms with Crippen LogP contribution < -0.4 is 5.32 Å². The molecule has 1 fully saturated rings. The summed E-state index contributed by atoms with van der Waals surface area (Å²) in [6, 6.07) is 13.7. The molecule has 1 atom stereocenters. The number of benzene rings is 2. The fourth-order valence-electron chi connectivity index (χ4n) is 3.81. The summed E-state index contributed by atoms with van der Waals surface area (Å²) in [5, 5.41) is 14.5. The van der Waals surface area contributed by atoms with Crippen molar-refractivity contribution < 1.29 is 14.4 Å². The maximum absolute atomic E-state index is 13.2. The molecule has 1 aliphatic heterocycles. The molecule has 3 heterocycles. The Hall–Kier alpha value is -4.34. The van der Waals surface area contributed by atoms with Crippen LogP contribution in [0.4, 0.5) is 4.79 Å². The third kappa shape index (κ3) is 2.96. The lowest BCUT2D eigenvalue weighted by Crippen LogP contribution is -2.41. The molecule has 0 unspecified atom stereocenters. The monoisotopic (exact) mass is 415 g/mol. The van der Waals surface area contributed by atoms with Gasteiger partial charge in [0, 0.05) is 22.7 Å². The van der Waals surface area contributed by atoms with E-state index in [2.05, 4.69) is 25.8 Å². The van der Waals surface area contributed by atoms with Gasteiger partial charge in [-0.3, -0.25) is 14.5 Å². The summed E-state index contributed by atoms with van der Waals surface area (Å²) in [5.41, 5.74) is 1.12. The van der Waals surface area contributed by atoms with Gasteiger partial charge in [-0.1, -0.05) is 30.3 Å². The van der Waals surface area contributed by atoms with Gasteiger partial charge in [0.15, 0.2) is 5.78 Å². The molecule has 0 radical (unpaired) electrons. The van der Waals surface area contributed by atoms with E-state index in [4.69, 9.17) is 0 Å². The minimum absolute atomic E-state index is 0.326. The summed E-state index contributed by atoms with van der Waals surface area (Å²) >= 11 is 0. The zero-order chi connectivity index (χ0) is 21.6. The molecule has 10 nitrogen and oxygen atoms in total. The molecule has 2 N–H and O–H groups in total. The SMILES string of the molecule is C[C@]1(c2cccc(-n3cnnn3)c2)NC(=O)N(CC(=O)c2c[nH]c3ccccc23)C1=O. The number of ketones is 1. The van der Waals surface area contributed by atoms with Crippen molar-refractivity contribution >= 4 is 28.6 Å². The van der Waals surface area contributed by atoms with E-state index >= 15 is 0 Å². The Labute approximate surface area is 175 Å². The van der Waals surface area contributed by atoms with Gasteiger partial charge in [-0.05, 0) is 41.1 Å². The molecule has 154 valence electrons. The van der Waals surface area contributed by atoms with Crippen molar-refractivity contribution in [2.45, 2.75) is 12.5 Å². The number of nitrogens with one attached hydrogen (secondary N) is 2. The number of hydrogen-bond acceptors (Lipinski definition) is 6. The fraction of sp³-hybridized carbons (Fsp3) is 0.143. The number of tetrazole rings is 1. The number of para-hydroxylation sites is 1. The van der Waals surface area contributed by atoms with Crippen LogP contribution in [0.5, 0.6) is 0 Å². The molecule has 4 aromatic rings. The van der Waals surface area contributed by atoms with Crippen LogP contribution in [-0.2, 0) is 10.3 Å². The lowest BCUT2D eigenvalue weighted by atomic mass is 9.91. The van der Waals surface area contributed by atoms with Crippen molar-refractivity contribution in [1.29, 1.82) is 0 Å². The highest BCUT2D eigenvalue weighted by Crippen LogP contribution is 2.30. The molecule has 5 rings (SSSR count). The third-order valence-electron chi connectivity index (χ3n) is 5.50. The number of nitrogens with zero attached hydrogens (tertiary/aromatic N) is 5. The first-order valence-electron chi connectivity index (χ1n) is 9.55. The second-order valence-electron chi connectivity index (χ2n) is 7.42. The molecule has 2 aromatic carbocycles. The minimum atomic E-state index is -1.32. The highest BCUT2D eigenvalue weighted by atomic mass is 16.2. The lowest BCUT2D eigenvalue weighted by Gasteiger charge is -2.22. The standard InChI is InChI=1S/C21H17N7O3/c1-21(13-5-4-6-14(9-13)28-12-23-25-26-28)19(30)27(20(31)24-21)11-18(29)16-10-22-17-8-3-2-7-15(16)17/h2-10,12,22H,11H2,1H3,(H,24,31)/t21-/m1/s1. The van der Waals surface area contributed by atoms with E-state index in [9.17, 15) is 14.4 Å². The molecule has 0 spiro atoms. The molecule has 0 saturated carbocycles. The first-order valence-corrected chi connectivity index (χ1v) is 9.55. The van der Waals surface area contributed by atoms with Crippen LogP contribution in [0.1, 0.15) is 22.8 Å². The van der Waals surface area contributed by atoms with Gasteiger partial charge in [0.05, 0.1) is 12.2 Å². The van der Waals surface area contributed by atoms with E-state index in [0.29, 0.717) is 16.8 Å². The van der Waals surface area contributed by atoms with E-state index in [1.807, 2.05) is 24.3 Å². The van der Waals surface area contributed by atoms with Gasteiger partial charge >= 0.3 is 6.03 Å². The minimum Gasteiger partial charge on any atom is -0.360 e. The molecule has 1 saturated heterocycles. The zero-order valence-electron chi connectivity index (χ0n) is 16.4. The molecule has 3 amide bonds. The lowest BCUT2D eigenvalue weighted by molar-refractivity contribution is -0.130. The van der Waals surface area contributed by atoms with Crippen LogP contribution in [-0.4, -0.2) is 54.4 Å². The first kappa shape index (κ1) is 18.7. The number of aromatic nitrogens is 5. The fourth-order valence-corrected chi connectivity index (χ4v) is 3.81. The molecule has 10 heteroatoms. The number of urea groups is 1. The predicted molar refractivity (Wildman–Crippen MR) is 109 cm³/mol. The van der Waals surface area contributed by atoms with Gasteiger partial charge in [0.25, 0.3) is 5.91 Å². The van der Waals surface area contributed by atoms with Gasteiger partial charge in [-0.15, -0.1) is 5.10 Å². The van der Waals surface area contributed by atoms with E-state index in [0.717, 1.165) is 15.8 Å². The Morgan fingerprint density at radius 2 is 1.97 bits per heavy atom. The summed E-state index contributed by atoms with van der Waals surface area (Å²) in [5.74, 6) is -0.827. The molecule has 1 aliphatic rings. The second-order valence-corrected chi connectivity index (χ2v) is 7.42. The number of amides is 3. The van der Waals surface area contributed by atoms with Crippen LogP contribution >= 0.6 is 0 Å². The Bertz CT molecular complexity index is 1330. The van der Waals surface area contributed by atoms with E-state index in [-0.39, 0.29) is 12.3 Å². The number of imide groups is 1. The topological polar surface area (TPSA) is 126 Å². The van der Waals surface area contributed by atoms with Gasteiger partial charge in [0.2, 0.25) is 0 Å². The van der Waals surface area contributed by atoms with Crippen molar-refractivity contribution in [1.82, 2.24) is 35.4 Å². The maximum Gasteiger partial charge on any atom is 0.325 e. The van der Waals surface area contributed by atoms with E-state index < -0.39 is 17.5 Å². The Morgan fingerprint density at radius 3 is 2.77 bits per heavy atom. The van der Waals surface area contributed by atoms with Gasteiger partial charge in [0.1, 0.15) is 11.9 Å².